The van der Waals surface area contributed by atoms with Gasteiger partial charge in [-0.25, -0.2) is 9.36 Å². The number of amides is 1. The van der Waals surface area contributed by atoms with Gasteiger partial charge in [-0.2, -0.15) is 0 Å². The number of rotatable bonds is 17. The smallest absolute Gasteiger partial charge is 0.457 e. The Morgan fingerprint density at radius 1 is 0.681 bits per heavy atom. The molecule has 0 spiro atoms. The van der Waals surface area contributed by atoms with Crippen molar-refractivity contribution in [3.63, 3.8) is 0 Å². The predicted molar refractivity (Wildman–Crippen MR) is 177 cm³/mol. The minimum absolute atomic E-state index is 0.228. The molecule has 0 fully saturated rings. The second-order valence-corrected chi connectivity index (χ2v) is 18.6. The topological polar surface area (TPSA) is 184 Å². The highest BCUT2D eigenvalue weighted by molar-refractivity contribution is 7.46. The van der Waals surface area contributed by atoms with E-state index < -0.39 is 79.0 Å². The Kier molecular flexibility index (Phi) is 15.8. The van der Waals surface area contributed by atoms with Gasteiger partial charge in [0.1, 0.15) is 5.60 Å². The van der Waals surface area contributed by atoms with Gasteiger partial charge in [0.15, 0.2) is 0 Å². The molecular weight excluding hydrogens is 633 g/mol. The van der Waals surface area contributed by atoms with E-state index in [9.17, 15) is 23.7 Å². The molecule has 14 heteroatoms. The van der Waals surface area contributed by atoms with Crippen molar-refractivity contribution in [2.45, 2.75) is 147 Å². The van der Waals surface area contributed by atoms with Gasteiger partial charge in [-0.05, 0) is 86.0 Å². The summed E-state index contributed by atoms with van der Waals surface area (Å²) in [5.74, 6) is -3.84. The molecule has 0 rings (SSSR count). The lowest BCUT2D eigenvalue weighted by atomic mass is 9.76. The lowest BCUT2D eigenvalue weighted by Gasteiger charge is -2.36. The molecule has 0 aliphatic carbocycles. The van der Waals surface area contributed by atoms with Gasteiger partial charge in [-0.1, -0.05) is 41.5 Å². The first-order valence-corrected chi connectivity index (χ1v) is 17.5. The molecule has 0 saturated carbocycles. The van der Waals surface area contributed by atoms with Gasteiger partial charge in [0, 0.05) is 13.0 Å². The highest BCUT2D eigenvalue weighted by Gasteiger charge is 2.47. The van der Waals surface area contributed by atoms with Crippen molar-refractivity contribution < 1.29 is 57.0 Å². The summed E-state index contributed by atoms with van der Waals surface area (Å²) in [6.07, 6.45) is -3.09. The molecule has 0 aromatic heterocycles. The standard InChI is InChI=1S/C33H62NO12P/c1-28(2,3)20-31(10,11)26(37)44-22(24(35)34-17-19-43-47(39,40)41)23(45-27(38)32(12,13)21-29(4,5)6)25(36)46-33(14,15)16-18-42-30(7,8)9/h22-23H,16-21H2,1-15H3,(H,34,35)(H2,39,40,41). The number of hydrogen-bond acceptors (Lipinski definition) is 10. The minimum Gasteiger partial charge on any atom is -0.457 e. The van der Waals surface area contributed by atoms with Gasteiger partial charge in [0.2, 0.25) is 12.2 Å². The number of ether oxygens (including phenoxy) is 4. The van der Waals surface area contributed by atoms with Crippen LogP contribution in [-0.2, 0) is 47.2 Å². The predicted octanol–water partition coefficient (Wildman–Crippen LogP) is 5.49. The van der Waals surface area contributed by atoms with Crippen molar-refractivity contribution in [3.05, 3.63) is 0 Å². The Labute approximate surface area is 281 Å². The van der Waals surface area contributed by atoms with Crippen LogP contribution < -0.4 is 5.32 Å². The van der Waals surface area contributed by atoms with Crippen LogP contribution in [0.3, 0.4) is 0 Å². The van der Waals surface area contributed by atoms with Crippen LogP contribution in [0, 0.1) is 21.7 Å². The molecule has 276 valence electrons. The Hall–Kier alpha value is -2.05. The molecule has 0 aromatic rings. The van der Waals surface area contributed by atoms with E-state index in [0.717, 1.165) is 0 Å². The zero-order chi connectivity index (χ0) is 37.4. The van der Waals surface area contributed by atoms with Crippen molar-refractivity contribution in [3.8, 4) is 0 Å². The fourth-order valence-electron chi connectivity index (χ4n) is 5.26. The summed E-state index contributed by atoms with van der Waals surface area (Å²) in [5.41, 5.74) is -4.48. The van der Waals surface area contributed by atoms with Crippen LogP contribution in [0.4, 0.5) is 0 Å². The average molecular weight is 696 g/mol. The number of carbonyl (C=O) groups excluding carboxylic acids is 4. The van der Waals surface area contributed by atoms with E-state index in [4.69, 9.17) is 28.7 Å². The van der Waals surface area contributed by atoms with Gasteiger partial charge in [-0.15, -0.1) is 0 Å². The Morgan fingerprint density at radius 3 is 1.49 bits per heavy atom. The summed E-state index contributed by atoms with van der Waals surface area (Å²) >= 11 is 0. The normalized spacial score (nSPS) is 15.0. The van der Waals surface area contributed by atoms with Crippen molar-refractivity contribution in [1.29, 1.82) is 0 Å². The third-order valence-electron chi connectivity index (χ3n) is 6.56. The summed E-state index contributed by atoms with van der Waals surface area (Å²) in [6, 6.07) is 0. The molecule has 0 aromatic carbocycles. The minimum atomic E-state index is -4.84. The van der Waals surface area contributed by atoms with Crippen LogP contribution in [0.2, 0.25) is 0 Å². The van der Waals surface area contributed by atoms with E-state index >= 15 is 0 Å². The third-order valence-corrected chi connectivity index (χ3v) is 7.08. The largest absolute Gasteiger partial charge is 0.469 e. The molecule has 1 amide bonds. The van der Waals surface area contributed by atoms with Crippen LogP contribution in [-0.4, -0.2) is 76.8 Å². The molecule has 47 heavy (non-hydrogen) atoms. The van der Waals surface area contributed by atoms with Gasteiger partial charge >= 0.3 is 25.7 Å². The molecule has 2 unspecified atom stereocenters. The average Bonchev–Trinajstić information content (AvgIpc) is 2.78. The molecule has 3 N–H and O–H groups in total. The SMILES string of the molecule is CC(C)(C)CC(C)(C)C(=O)OC(C(=O)NCCOP(=O)(O)O)C(OC(=O)C(C)(C)CC(C)(C)C)C(=O)OC(C)(C)CCOC(C)(C)C. The summed E-state index contributed by atoms with van der Waals surface area (Å²) in [7, 11) is -4.84. The third kappa shape index (κ3) is 19.5. The Balaban J connectivity index is 6.76. The van der Waals surface area contributed by atoms with Gasteiger partial charge in [-0.3, -0.25) is 18.9 Å². The summed E-state index contributed by atoms with van der Waals surface area (Å²) in [4.78, 5) is 72.8. The Bertz CT molecular complexity index is 1120. The number of nitrogens with one attached hydrogen (secondary N) is 1. The first kappa shape index (κ1) is 45.0. The van der Waals surface area contributed by atoms with E-state index in [1.807, 2.05) is 62.3 Å². The van der Waals surface area contributed by atoms with Crippen molar-refractivity contribution in [2.75, 3.05) is 19.8 Å². The van der Waals surface area contributed by atoms with E-state index in [1.54, 1.807) is 41.5 Å². The highest BCUT2D eigenvalue weighted by atomic mass is 31.2. The zero-order valence-corrected chi connectivity index (χ0v) is 32.2. The first-order valence-electron chi connectivity index (χ1n) is 15.9. The van der Waals surface area contributed by atoms with Crippen LogP contribution >= 0.6 is 7.82 Å². The molecule has 0 aliphatic heterocycles. The lowest BCUT2D eigenvalue weighted by molar-refractivity contribution is -0.198. The maximum Gasteiger partial charge on any atom is 0.469 e. The van der Waals surface area contributed by atoms with E-state index in [2.05, 4.69) is 9.84 Å². The second kappa shape index (κ2) is 16.6. The van der Waals surface area contributed by atoms with E-state index in [0.29, 0.717) is 12.8 Å². The zero-order valence-electron chi connectivity index (χ0n) is 31.3. The second-order valence-electron chi connectivity index (χ2n) is 17.4. The number of phosphoric acid groups is 1. The van der Waals surface area contributed by atoms with Crippen molar-refractivity contribution in [2.24, 2.45) is 21.7 Å². The summed E-state index contributed by atoms with van der Waals surface area (Å²) < 4.78 is 38.5. The van der Waals surface area contributed by atoms with Gasteiger partial charge < -0.3 is 34.1 Å². The Morgan fingerprint density at radius 2 is 1.11 bits per heavy atom. The van der Waals surface area contributed by atoms with Crippen LogP contribution in [0.25, 0.3) is 0 Å². The molecule has 13 nitrogen and oxygen atoms in total. The molecule has 0 radical (unpaired) electrons. The highest BCUT2D eigenvalue weighted by Crippen LogP contribution is 2.37. The number of carbonyl (C=O) groups is 4. The van der Waals surface area contributed by atoms with Crippen molar-refractivity contribution >= 4 is 31.6 Å². The van der Waals surface area contributed by atoms with E-state index in [1.165, 1.54) is 0 Å². The van der Waals surface area contributed by atoms with Crippen molar-refractivity contribution in [1.82, 2.24) is 5.32 Å². The fourth-order valence-corrected chi connectivity index (χ4v) is 5.58. The summed E-state index contributed by atoms with van der Waals surface area (Å²) in [6.45, 7) is 26.2. The van der Waals surface area contributed by atoms with Crippen LogP contribution in [0.15, 0.2) is 0 Å². The monoisotopic (exact) mass is 695 g/mol. The van der Waals surface area contributed by atoms with Crippen LogP contribution in [0.5, 0.6) is 0 Å². The summed E-state index contributed by atoms with van der Waals surface area (Å²) in [5, 5.41) is 2.36. The van der Waals surface area contributed by atoms with E-state index in [-0.39, 0.29) is 23.9 Å². The number of esters is 3. The fraction of sp³-hybridized carbons (Fsp3) is 0.879. The lowest BCUT2D eigenvalue weighted by Crippen LogP contribution is -2.54. The molecule has 0 saturated heterocycles. The first-order chi connectivity index (χ1) is 20.7. The quantitative estimate of drug-likeness (QED) is 0.0754. The maximum absolute atomic E-state index is 13.9. The molecule has 0 aliphatic rings. The molecular formula is C33H62NO12P. The van der Waals surface area contributed by atoms with Gasteiger partial charge in [0.25, 0.3) is 5.91 Å². The van der Waals surface area contributed by atoms with Gasteiger partial charge in [0.05, 0.1) is 29.6 Å². The molecule has 0 bridgehead atoms. The van der Waals surface area contributed by atoms with Crippen LogP contribution in [0.1, 0.15) is 123 Å². The maximum atomic E-state index is 13.9. The number of hydrogen-bond donors (Lipinski definition) is 3. The molecule has 2 atom stereocenters. The number of phosphoric ester groups is 1. The molecule has 0 heterocycles.